The molecule has 41 heteroatoms. The minimum atomic E-state index is -0.400. The van der Waals surface area contributed by atoms with E-state index in [0.29, 0.717) is 172 Å². The normalized spacial score (nSPS) is 12.6. The second kappa shape index (κ2) is 40.8. The summed E-state index contributed by atoms with van der Waals surface area (Å²) >= 11 is 33.0. The minimum Gasteiger partial charge on any atom is -0.365 e. The first-order valence-electron chi connectivity index (χ1n) is 36.8. The van der Waals surface area contributed by atoms with Gasteiger partial charge in [0.1, 0.15) is 62.3 Å². The standard InChI is InChI=1S/2C16H18ClFN6.C15H16ClFN6.C15H17ClFN5S.C14H16ClFN6S/c1-9(19)6-11-13(18)12-14(21-8-10-4-3-5-20-7-10)22-16(17)23-15(12)24(11)2;1-9(19)7-11-13(18)12-14(21-8-10-5-3-4-6-20-10)22-16(17)23-15(12)24(11)2;1-8(18)5-10-12(17)11-13(22-15(16)23-14(11)21-10)20-7-9-3-2-4-19-6-9;1-2-8(18)6-10-12(17)11-13(19-7-9-4-3-5-23-9)21-15(16)22-14(11)20-10;1-2-7(17)5-8-11(16)10-12(19-6-9-18-3-4-23-9)21-14(15)22-13(10)20-8/h3-5,7,9H,6,8,19H2,1-2H3,(H,21,22,23);3-6,9H,7-8,19H2,1-2H3,(H,21,22,23);2-4,6,8H,5,7,18H2,1H3,(H2,20,21,22,23);3-5,8H,2,6-7,18H2,1H3,(H2,19,20,21,22);3-4,7H,2,5-6,17H2,1H3,(H2,19,20,21,22)/t2*9-;2*8-;7-/m00000/s1. The minimum absolute atomic E-state index is 0.0415. The van der Waals surface area contributed by atoms with Crippen LogP contribution in [0.4, 0.5) is 51.0 Å². The number of rotatable bonds is 27. The molecule has 0 saturated carbocycles. The maximum Gasteiger partial charge on any atom is 0.226 e. The van der Waals surface area contributed by atoms with Crippen LogP contribution >= 0.6 is 80.7 Å². The maximum absolute atomic E-state index is 14.9. The zero-order chi connectivity index (χ0) is 83.7. The Labute approximate surface area is 701 Å². The summed E-state index contributed by atoms with van der Waals surface area (Å²) in [7, 11) is 3.49. The highest BCUT2D eigenvalue weighted by atomic mass is 35.5. The molecule has 0 aliphatic carbocycles. The Morgan fingerprint density at radius 2 is 0.821 bits per heavy atom. The molecule has 0 fully saturated rings. The third-order valence-corrected chi connectivity index (χ3v) is 20.5. The molecule has 18 N–H and O–H groups in total. The molecule has 0 bridgehead atoms. The van der Waals surface area contributed by atoms with Gasteiger partial charge in [0.05, 0.1) is 80.7 Å². The summed E-state index contributed by atoms with van der Waals surface area (Å²) in [5, 5.41) is 22.1. The van der Waals surface area contributed by atoms with Crippen LogP contribution in [0.1, 0.15) is 103 Å². The van der Waals surface area contributed by atoms with Gasteiger partial charge in [-0.2, -0.15) is 49.8 Å². The summed E-state index contributed by atoms with van der Waals surface area (Å²) in [6.45, 7) is 11.7. The van der Waals surface area contributed by atoms with Crippen LogP contribution < -0.4 is 55.3 Å². The molecule has 5 atom stereocenters. The number of hydrogen-bond acceptors (Lipinski definition) is 26. The number of nitrogens with zero attached hydrogens (tertiary/aromatic N) is 16. The van der Waals surface area contributed by atoms with Crippen LogP contribution in [0, 0.1) is 29.1 Å². The lowest BCUT2D eigenvalue weighted by atomic mass is 10.1. The van der Waals surface area contributed by atoms with Crippen molar-refractivity contribution in [2.45, 2.75) is 142 Å². The maximum atomic E-state index is 14.9. The Bertz CT molecular complexity index is 5500. The number of nitrogens with one attached hydrogen (secondary N) is 8. The van der Waals surface area contributed by atoms with Crippen LogP contribution in [0.25, 0.3) is 55.2 Å². The lowest BCUT2D eigenvalue weighted by Crippen LogP contribution is -2.22. The molecule has 15 aromatic heterocycles. The van der Waals surface area contributed by atoms with E-state index in [0.717, 1.165) is 39.5 Å². The highest BCUT2D eigenvalue weighted by molar-refractivity contribution is 7.10. The SMILES string of the molecule is CC[C@H](N)Cc1[nH]c2nc(Cl)nc(NCc3cccs3)c2c1F.CC[C@H](N)Cc1[nH]c2nc(Cl)nc(NCc3nccs3)c2c1F.C[C@H](N)Cc1[nH]c2nc(Cl)nc(NCc3cccnc3)c2c1F.C[C@H](N)Cc1c(F)c2c(NCc3ccccn3)nc(Cl)nc2n1C.C[C@H](N)Cc1c(F)c2c(NCc3cccnc3)nc(Cl)nc2n1C. The van der Waals surface area contributed by atoms with Crippen LogP contribution in [0.2, 0.25) is 26.4 Å². The van der Waals surface area contributed by atoms with Gasteiger partial charge in [0.2, 0.25) is 26.4 Å². The van der Waals surface area contributed by atoms with Crippen LogP contribution in [0.5, 0.6) is 0 Å². The second-order valence-corrected chi connectivity index (χ2v) is 31.0. The molecule has 117 heavy (non-hydrogen) atoms. The summed E-state index contributed by atoms with van der Waals surface area (Å²) in [5.41, 5.74) is 36.1. The smallest absolute Gasteiger partial charge is 0.226 e. The predicted molar refractivity (Wildman–Crippen MR) is 455 cm³/mol. The Hall–Kier alpha value is -10.2. The van der Waals surface area contributed by atoms with Crippen LogP contribution in [-0.4, -0.2) is 124 Å². The van der Waals surface area contributed by atoms with Crippen LogP contribution in [-0.2, 0) is 78.9 Å². The van der Waals surface area contributed by atoms with Gasteiger partial charge in [-0.3, -0.25) is 15.0 Å². The first-order chi connectivity index (χ1) is 56.1. The van der Waals surface area contributed by atoms with E-state index in [9.17, 15) is 22.0 Å². The Morgan fingerprint density at radius 3 is 1.20 bits per heavy atom. The number of anilines is 5. The van der Waals surface area contributed by atoms with Gasteiger partial charge in [0.15, 0.2) is 29.1 Å². The lowest BCUT2D eigenvalue weighted by Gasteiger charge is -2.07. The van der Waals surface area contributed by atoms with Crippen molar-refractivity contribution in [3.8, 4) is 0 Å². The Morgan fingerprint density at radius 1 is 0.410 bits per heavy atom. The van der Waals surface area contributed by atoms with Gasteiger partial charge in [-0.15, -0.1) is 22.7 Å². The molecule has 0 unspecified atom stereocenters. The van der Waals surface area contributed by atoms with Gasteiger partial charge in [-0.1, -0.05) is 38.1 Å². The van der Waals surface area contributed by atoms with E-state index in [1.165, 1.54) is 11.3 Å². The van der Waals surface area contributed by atoms with E-state index >= 15 is 0 Å². The topological polar surface area (TPSA) is 428 Å². The van der Waals surface area contributed by atoms with Crippen molar-refractivity contribution in [2.75, 3.05) is 26.6 Å². The fourth-order valence-corrected chi connectivity index (χ4v) is 14.2. The molecule has 0 aliphatic rings. The molecule has 15 heterocycles. The Kier molecular flexibility index (Phi) is 30.5. The van der Waals surface area contributed by atoms with Gasteiger partial charge in [0, 0.05) is 137 Å². The monoisotopic (exact) mass is 1740 g/mol. The van der Waals surface area contributed by atoms with Crippen LogP contribution in [0.3, 0.4) is 0 Å². The fraction of sp³-hybridized carbons (Fsp3) is 0.316. The van der Waals surface area contributed by atoms with Crippen LogP contribution in [0.15, 0.2) is 103 Å². The van der Waals surface area contributed by atoms with E-state index in [1.807, 2.05) is 100.0 Å². The van der Waals surface area contributed by atoms with E-state index in [4.69, 9.17) is 86.7 Å². The van der Waals surface area contributed by atoms with Crippen molar-refractivity contribution < 1.29 is 22.0 Å². The van der Waals surface area contributed by atoms with Crippen molar-refractivity contribution in [3.05, 3.63) is 213 Å². The number of pyridine rings is 3. The molecule has 0 aliphatic heterocycles. The van der Waals surface area contributed by atoms with Gasteiger partial charge >= 0.3 is 0 Å². The zero-order valence-corrected chi connectivity index (χ0v) is 69.7. The molecular formula is C76H85Cl5F5N29S2. The van der Waals surface area contributed by atoms with E-state index < -0.39 is 5.82 Å². The molecule has 616 valence electrons. The van der Waals surface area contributed by atoms with Gasteiger partial charge in [-0.05, 0) is 138 Å². The number of nitrogens with two attached hydrogens (primary N) is 5. The van der Waals surface area contributed by atoms with E-state index in [1.54, 1.807) is 71.7 Å². The first-order valence-corrected chi connectivity index (χ1v) is 40.5. The quantitative estimate of drug-likeness (QED) is 0.0168. The molecule has 15 aromatic rings. The number of aryl methyl sites for hydroxylation is 2. The number of halogens is 10. The van der Waals surface area contributed by atoms with Crippen molar-refractivity contribution in [1.29, 1.82) is 0 Å². The molecule has 0 saturated heterocycles. The fourth-order valence-electron chi connectivity index (χ4n) is 12.2. The number of thiazole rings is 1. The predicted octanol–water partition coefficient (Wildman–Crippen LogP) is 14.8. The highest BCUT2D eigenvalue weighted by Gasteiger charge is 2.27. The molecule has 0 radical (unpaired) electrons. The van der Waals surface area contributed by atoms with E-state index in [2.05, 4.69) is 111 Å². The third kappa shape index (κ3) is 22.5. The largest absolute Gasteiger partial charge is 0.365 e. The molecule has 15 rings (SSSR count). The zero-order valence-electron chi connectivity index (χ0n) is 64.3. The first kappa shape index (κ1) is 87.6. The summed E-state index contributed by atoms with van der Waals surface area (Å²) in [4.78, 5) is 67.6. The van der Waals surface area contributed by atoms with E-state index in [-0.39, 0.29) is 85.3 Å². The van der Waals surface area contributed by atoms with Crippen molar-refractivity contribution >= 4 is 165 Å². The molecule has 29 nitrogen and oxygen atoms in total. The summed E-state index contributed by atoms with van der Waals surface area (Å²) in [6, 6.07) is 16.3. The summed E-state index contributed by atoms with van der Waals surface area (Å²) in [5.74, 6) is -0.107. The summed E-state index contributed by atoms with van der Waals surface area (Å²) in [6.07, 6.45) is 13.8. The van der Waals surface area contributed by atoms with Gasteiger partial charge < -0.3 is 79.3 Å². The van der Waals surface area contributed by atoms with Crippen molar-refractivity contribution in [3.63, 3.8) is 0 Å². The third-order valence-electron chi connectivity index (χ3n) is 18.0. The van der Waals surface area contributed by atoms with Gasteiger partial charge in [0.25, 0.3) is 0 Å². The van der Waals surface area contributed by atoms with Crippen molar-refractivity contribution in [2.24, 2.45) is 42.8 Å². The number of H-pyrrole nitrogens is 3. The lowest BCUT2D eigenvalue weighted by molar-refractivity contribution is 0.581. The molecule has 0 amide bonds. The molecule has 0 aromatic carbocycles. The average molecular weight is 1740 g/mol. The van der Waals surface area contributed by atoms with Gasteiger partial charge in [-0.25, -0.2) is 26.9 Å². The number of hydrogen-bond donors (Lipinski definition) is 13. The highest BCUT2D eigenvalue weighted by Crippen LogP contribution is 2.35. The molecular weight excluding hydrogens is 1660 g/mol. The Balaban J connectivity index is 0.000000144. The molecule has 0 spiro atoms. The number of fused-ring (bicyclic) bond motifs is 5. The van der Waals surface area contributed by atoms with Crippen molar-refractivity contribution in [1.82, 2.24) is 93.9 Å². The average Bonchev–Trinajstić information content (AvgIpc) is 1.61. The number of aromatic nitrogens is 19. The number of aromatic amines is 3. The second-order valence-electron chi connectivity index (χ2n) is 27.3. The number of thiophene rings is 1. The summed E-state index contributed by atoms with van der Waals surface area (Å²) < 4.78 is 77.3.